The van der Waals surface area contributed by atoms with Crippen molar-refractivity contribution in [2.24, 2.45) is 5.73 Å². The molecule has 172 valence electrons. The van der Waals surface area contributed by atoms with Crippen molar-refractivity contribution >= 4 is 49.9 Å². The smallest absolute Gasteiger partial charge is 0.251 e. The summed E-state index contributed by atoms with van der Waals surface area (Å²) in [5.41, 5.74) is 6.93. The maximum atomic E-state index is 12.7. The number of hydrogen-bond donors (Lipinski definition) is 2. The lowest BCUT2D eigenvalue weighted by Gasteiger charge is -2.25. The van der Waals surface area contributed by atoms with Crippen LogP contribution in [0.15, 0.2) is 28.3 Å². The molecule has 32 heavy (non-hydrogen) atoms. The predicted molar refractivity (Wildman–Crippen MR) is 123 cm³/mol. The molecule has 1 aliphatic heterocycles. The quantitative estimate of drug-likeness (QED) is 0.559. The van der Waals surface area contributed by atoms with Crippen LogP contribution in [0.4, 0.5) is 5.00 Å². The highest BCUT2D eigenvalue weighted by atomic mass is 32.2. The number of morpholine rings is 1. The Labute approximate surface area is 194 Å². The van der Waals surface area contributed by atoms with Gasteiger partial charge >= 0.3 is 0 Å². The topological polar surface area (TPSA) is 132 Å². The van der Waals surface area contributed by atoms with E-state index in [1.807, 2.05) is 0 Å². The zero-order chi connectivity index (χ0) is 22.9. The fourth-order valence-corrected chi connectivity index (χ4v) is 7.17. The zero-order valence-electron chi connectivity index (χ0n) is 17.5. The number of aromatic nitrogens is 1. The monoisotopic (exact) mass is 496 g/mol. The van der Waals surface area contributed by atoms with Crippen LogP contribution in [0.3, 0.4) is 0 Å². The Morgan fingerprint density at radius 1 is 1.28 bits per heavy atom. The number of nitrogens with zero attached hydrogens (tertiary/aromatic N) is 2. The first-order valence-electron chi connectivity index (χ1n) is 10.2. The van der Waals surface area contributed by atoms with Crippen LogP contribution in [0.2, 0.25) is 0 Å². The van der Waals surface area contributed by atoms with Gasteiger partial charge in [-0.2, -0.15) is 4.31 Å². The van der Waals surface area contributed by atoms with Gasteiger partial charge in [0.2, 0.25) is 15.9 Å². The molecule has 1 aliphatic carbocycles. The number of nitrogens with two attached hydrogens (primary N) is 1. The van der Waals surface area contributed by atoms with Crippen LogP contribution in [0.1, 0.15) is 34.1 Å². The highest BCUT2D eigenvalue weighted by Crippen LogP contribution is 2.39. The van der Waals surface area contributed by atoms with Crippen LogP contribution >= 0.6 is 23.1 Å². The number of nitrogens with one attached hydrogen (secondary N) is 1. The molecule has 3 N–H and O–H groups in total. The van der Waals surface area contributed by atoms with Gasteiger partial charge in [-0.3, -0.25) is 9.59 Å². The van der Waals surface area contributed by atoms with Gasteiger partial charge in [0.05, 0.1) is 29.1 Å². The van der Waals surface area contributed by atoms with E-state index in [4.69, 9.17) is 10.5 Å². The minimum absolute atomic E-state index is 0.111. The number of carbonyl (C=O) groups is 2. The third-order valence-corrected chi connectivity index (χ3v) is 9.53. The second kappa shape index (κ2) is 9.48. The molecular weight excluding hydrogens is 472 g/mol. The Balaban J connectivity index is 1.41. The van der Waals surface area contributed by atoms with Crippen LogP contribution in [0.5, 0.6) is 0 Å². The first-order chi connectivity index (χ1) is 15.3. The molecule has 2 aromatic heterocycles. The van der Waals surface area contributed by atoms with Gasteiger partial charge < -0.3 is 15.8 Å². The molecule has 12 heteroatoms. The molecule has 1 atom stereocenters. The number of thiophene rings is 1. The first kappa shape index (κ1) is 23.2. The van der Waals surface area contributed by atoms with E-state index in [1.54, 1.807) is 13.0 Å². The molecule has 0 bridgehead atoms. The van der Waals surface area contributed by atoms with Crippen molar-refractivity contribution in [2.45, 2.75) is 41.4 Å². The molecular formula is C20H24N4O5S3. The number of hydrogen-bond acceptors (Lipinski definition) is 8. The molecule has 1 fully saturated rings. The van der Waals surface area contributed by atoms with Crippen molar-refractivity contribution < 1.29 is 22.7 Å². The van der Waals surface area contributed by atoms with Crippen molar-refractivity contribution in [1.29, 1.82) is 0 Å². The number of amides is 2. The lowest BCUT2D eigenvalue weighted by Crippen LogP contribution is -2.40. The first-order valence-corrected chi connectivity index (χ1v) is 13.4. The summed E-state index contributed by atoms with van der Waals surface area (Å²) in [4.78, 5) is 30.1. The number of pyridine rings is 1. The Bertz CT molecular complexity index is 1120. The summed E-state index contributed by atoms with van der Waals surface area (Å²) in [5.74, 6) is -0.803. The molecule has 9 nitrogen and oxygen atoms in total. The Kier molecular flexibility index (Phi) is 6.86. The number of ether oxygens (including phenoxy) is 1. The highest BCUT2D eigenvalue weighted by molar-refractivity contribution is 8.00. The Morgan fingerprint density at radius 2 is 2.03 bits per heavy atom. The maximum Gasteiger partial charge on any atom is 0.251 e. The normalized spacial score (nSPS) is 17.7. The Hall–Kier alpha value is -1.99. The van der Waals surface area contributed by atoms with Crippen LogP contribution in [-0.4, -0.2) is 61.1 Å². The third kappa shape index (κ3) is 4.69. The maximum absolute atomic E-state index is 12.7. The van der Waals surface area contributed by atoms with Crippen molar-refractivity contribution in [3.05, 3.63) is 34.3 Å². The number of thioether (sulfide) groups is 1. The fourth-order valence-electron chi connectivity index (χ4n) is 3.73. The molecule has 2 aliphatic rings. The number of primary amides is 1. The second-order valence-electron chi connectivity index (χ2n) is 7.52. The summed E-state index contributed by atoms with van der Waals surface area (Å²) in [7, 11) is -3.62. The van der Waals surface area contributed by atoms with E-state index in [0.717, 1.165) is 29.7 Å². The van der Waals surface area contributed by atoms with Gasteiger partial charge in [-0.05, 0) is 43.9 Å². The number of aryl methyl sites for hydroxylation is 1. The molecule has 2 amide bonds. The van der Waals surface area contributed by atoms with E-state index in [-0.39, 0.29) is 10.8 Å². The summed E-state index contributed by atoms with van der Waals surface area (Å²) in [5, 5.41) is 3.35. The SMILES string of the molecule is C[C@@H](Sc1ccc(S(=O)(=O)N2CCOCC2)cn1)C(=O)Nc1sc2c(c1C(N)=O)CCC2. The molecule has 0 aromatic carbocycles. The zero-order valence-corrected chi connectivity index (χ0v) is 19.9. The molecule has 2 aromatic rings. The van der Waals surface area contributed by atoms with Gasteiger partial charge in [0.1, 0.15) is 9.90 Å². The van der Waals surface area contributed by atoms with Crippen molar-refractivity contribution in [3.63, 3.8) is 0 Å². The van der Waals surface area contributed by atoms with E-state index in [9.17, 15) is 18.0 Å². The standard InChI is InChI=1S/C20H24N4O5S3/c1-12(19(26)23-20-17(18(21)25)14-3-2-4-15(14)31-20)30-16-6-5-13(11-22-16)32(27,28)24-7-9-29-10-8-24/h5-6,11-12H,2-4,7-10H2,1H3,(H2,21,25)(H,23,26)/t12-/m1/s1. The molecule has 0 radical (unpaired) electrons. The highest BCUT2D eigenvalue weighted by Gasteiger charge is 2.28. The van der Waals surface area contributed by atoms with Gasteiger partial charge in [-0.1, -0.05) is 11.8 Å². The predicted octanol–water partition coefficient (Wildman–Crippen LogP) is 1.87. The van der Waals surface area contributed by atoms with Crippen LogP contribution in [-0.2, 0) is 32.4 Å². The van der Waals surface area contributed by atoms with Gasteiger partial charge in [0.15, 0.2) is 0 Å². The Morgan fingerprint density at radius 3 is 2.69 bits per heavy atom. The van der Waals surface area contributed by atoms with Gasteiger partial charge in [0, 0.05) is 24.2 Å². The van der Waals surface area contributed by atoms with Crippen LogP contribution in [0.25, 0.3) is 0 Å². The average Bonchev–Trinajstić information content (AvgIpc) is 3.35. The molecule has 0 unspecified atom stereocenters. The number of fused-ring (bicyclic) bond motifs is 1. The number of rotatable bonds is 7. The van der Waals surface area contributed by atoms with Crippen molar-refractivity contribution in [2.75, 3.05) is 31.6 Å². The summed E-state index contributed by atoms with van der Waals surface area (Å²) in [6.07, 6.45) is 4.00. The van der Waals surface area contributed by atoms with E-state index in [1.165, 1.54) is 39.7 Å². The van der Waals surface area contributed by atoms with Crippen molar-refractivity contribution in [3.8, 4) is 0 Å². The lowest BCUT2D eigenvalue weighted by molar-refractivity contribution is -0.115. The minimum atomic E-state index is -3.62. The van der Waals surface area contributed by atoms with Crippen molar-refractivity contribution in [1.82, 2.24) is 9.29 Å². The summed E-state index contributed by atoms with van der Waals surface area (Å²) in [6.45, 7) is 3.10. The fraction of sp³-hybridized carbons (Fsp3) is 0.450. The van der Waals surface area contributed by atoms with Gasteiger partial charge in [-0.25, -0.2) is 13.4 Å². The molecule has 0 spiro atoms. The second-order valence-corrected chi connectivity index (χ2v) is 11.9. The summed E-state index contributed by atoms with van der Waals surface area (Å²) in [6, 6.07) is 3.09. The number of anilines is 1. The summed E-state index contributed by atoms with van der Waals surface area (Å²) < 4.78 is 32.0. The van der Waals surface area contributed by atoms with Gasteiger partial charge in [-0.15, -0.1) is 11.3 Å². The van der Waals surface area contributed by atoms with E-state index in [2.05, 4.69) is 10.3 Å². The lowest BCUT2D eigenvalue weighted by atomic mass is 10.1. The molecule has 0 saturated carbocycles. The summed E-state index contributed by atoms with van der Waals surface area (Å²) >= 11 is 2.62. The van der Waals surface area contributed by atoms with E-state index < -0.39 is 21.2 Å². The number of sulfonamides is 1. The average molecular weight is 497 g/mol. The molecule has 3 heterocycles. The van der Waals surface area contributed by atoms with E-state index >= 15 is 0 Å². The third-order valence-electron chi connectivity index (χ3n) is 5.39. The largest absolute Gasteiger partial charge is 0.379 e. The minimum Gasteiger partial charge on any atom is -0.379 e. The van der Waals surface area contributed by atoms with Gasteiger partial charge in [0.25, 0.3) is 5.91 Å². The number of carbonyl (C=O) groups excluding carboxylic acids is 2. The van der Waals surface area contributed by atoms with Crippen LogP contribution in [0, 0.1) is 0 Å². The molecule has 1 saturated heterocycles. The van der Waals surface area contributed by atoms with E-state index in [0.29, 0.717) is 41.9 Å². The molecule has 4 rings (SSSR count). The van der Waals surface area contributed by atoms with Crippen LogP contribution < -0.4 is 11.1 Å².